The summed E-state index contributed by atoms with van der Waals surface area (Å²) >= 11 is 1.46. The highest BCUT2D eigenvalue weighted by Crippen LogP contribution is 2.32. The lowest BCUT2D eigenvalue weighted by atomic mass is 10.2. The molecule has 0 saturated heterocycles. The molecule has 0 aliphatic heterocycles. The number of fused-ring (bicyclic) bond motifs is 1. The van der Waals surface area contributed by atoms with Crippen LogP contribution in [0, 0.1) is 11.6 Å². The smallest absolute Gasteiger partial charge is 0.258 e. The van der Waals surface area contributed by atoms with Crippen LogP contribution in [0.25, 0.3) is 10.9 Å². The number of aromatic nitrogens is 2. The molecule has 31 heavy (non-hydrogen) atoms. The first-order valence-corrected chi connectivity index (χ1v) is 10.0. The van der Waals surface area contributed by atoms with Gasteiger partial charge in [-0.2, -0.15) is 5.10 Å². The number of halogens is 2. The average molecular weight is 438 g/mol. The number of amides is 2. The topological polar surface area (TPSA) is 86.9 Å². The molecule has 4 aromatic rings. The number of carbonyl (C=O) groups excluding carboxylic acids is 2. The fourth-order valence-corrected chi connectivity index (χ4v) is 3.89. The molecule has 9 heteroatoms. The van der Waals surface area contributed by atoms with Gasteiger partial charge in [-0.05, 0) is 48.5 Å². The summed E-state index contributed by atoms with van der Waals surface area (Å²) in [7, 11) is 0. The molecule has 0 aliphatic carbocycles. The summed E-state index contributed by atoms with van der Waals surface area (Å²) in [5, 5.41) is 13.1. The Kier molecular flexibility index (Phi) is 5.68. The van der Waals surface area contributed by atoms with E-state index in [-0.39, 0.29) is 11.5 Å². The monoisotopic (exact) mass is 438 g/mol. The third-order valence-corrected chi connectivity index (χ3v) is 5.31. The second-order valence-corrected chi connectivity index (χ2v) is 7.82. The summed E-state index contributed by atoms with van der Waals surface area (Å²) in [4.78, 5) is 25.3. The Morgan fingerprint density at radius 1 is 0.968 bits per heavy atom. The predicted molar refractivity (Wildman–Crippen MR) is 115 cm³/mol. The van der Waals surface area contributed by atoms with Crippen LogP contribution >= 0.6 is 11.8 Å². The highest BCUT2D eigenvalue weighted by molar-refractivity contribution is 7.99. The molecule has 2 amide bonds. The van der Waals surface area contributed by atoms with Crippen LogP contribution in [0.4, 0.5) is 20.3 Å². The zero-order chi connectivity index (χ0) is 22.0. The van der Waals surface area contributed by atoms with E-state index in [1.807, 2.05) is 24.3 Å². The van der Waals surface area contributed by atoms with Crippen LogP contribution in [0.15, 0.2) is 70.5 Å². The van der Waals surface area contributed by atoms with Gasteiger partial charge in [-0.15, -0.1) is 0 Å². The average Bonchev–Trinajstić information content (AvgIpc) is 3.09. The van der Waals surface area contributed by atoms with E-state index in [0.717, 1.165) is 32.8 Å². The third kappa shape index (κ3) is 4.72. The molecule has 1 aromatic heterocycles. The van der Waals surface area contributed by atoms with Crippen molar-refractivity contribution in [3.05, 3.63) is 77.9 Å². The summed E-state index contributed by atoms with van der Waals surface area (Å²) in [5.74, 6) is -2.06. The second kappa shape index (κ2) is 8.57. The van der Waals surface area contributed by atoms with Gasteiger partial charge in [0.15, 0.2) is 5.82 Å². The van der Waals surface area contributed by atoms with E-state index in [1.54, 1.807) is 18.2 Å². The van der Waals surface area contributed by atoms with Gasteiger partial charge in [0.2, 0.25) is 5.91 Å². The Labute approximate surface area is 180 Å². The van der Waals surface area contributed by atoms with E-state index >= 15 is 0 Å². The Morgan fingerprint density at radius 3 is 2.55 bits per heavy atom. The maximum atomic E-state index is 13.8. The molecular formula is C22H16F2N4O2S. The van der Waals surface area contributed by atoms with Crippen LogP contribution in [0.5, 0.6) is 0 Å². The van der Waals surface area contributed by atoms with Crippen molar-refractivity contribution in [3.63, 3.8) is 0 Å². The van der Waals surface area contributed by atoms with E-state index < -0.39 is 17.5 Å². The van der Waals surface area contributed by atoms with Crippen molar-refractivity contribution in [1.82, 2.24) is 10.2 Å². The fourth-order valence-electron chi connectivity index (χ4n) is 2.97. The molecule has 156 valence electrons. The number of carbonyl (C=O) groups is 2. The Bertz CT molecular complexity index is 1310. The standard InChI is InChI=1S/C22H16F2N4O2S/c1-12(29)25-21-18-8-6-16(11-20(18)27-28-21)31-15-4-2-3-14(10-15)26-22(30)17-7-5-13(23)9-19(17)24/h2-11H,1H3,(H,26,30)(H2,25,27,28,29). The minimum atomic E-state index is -0.922. The molecule has 0 atom stereocenters. The second-order valence-electron chi connectivity index (χ2n) is 6.67. The van der Waals surface area contributed by atoms with Crippen LogP contribution in [0.3, 0.4) is 0 Å². The summed E-state index contributed by atoms with van der Waals surface area (Å²) in [6, 6.07) is 15.5. The van der Waals surface area contributed by atoms with Gasteiger partial charge in [-0.3, -0.25) is 14.7 Å². The summed E-state index contributed by atoms with van der Waals surface area (Å²) in [5.41, 5.74) is 1.01. The highest BCUT2D eigenvalue weighted by atomic mass is 32.2. The van der Waals surface area contributed by atoms with Crippen LogP contribution < -0.4 is 10.6 Å². The molecule has 3 aromatic carbocycles. The lowest BCUT2D eigenvalue weighted by molar-refractivity contribution is -0.114. The van der Waals surface area contributed by atoms with Gasteiger partial charge in [-0.1, -0.05) is 17.8 Å². The largest absolute Gasteiger partial charge is 0.322 e. The summed E-state index contributed by atoms with van der Waals surface area (Å²) in [6.45, 7) is 1.42. The van der Waals surface area contributed by atoms with Crippen LogP contribution in [-0.4, -0.2) is 22.0 Å². The van der Waals surface area contributed by atoms with Crippen molar-refractivity contribution in [3.8, 4) is 0 Å². The Morgan fingerprint density at radius 2 is 1.77 bits per heavy atom. The van der Waals surface area contributed by atoms with Crippen molar-refractivity contribution in [2.75, 3.05) is 10.6 Å². The van der Waals surface area contributed by atoms with Gasteiger partial charge in [-0.25, -0.2) is 8.78 Å². The van der Waals surface area contributed by atoms with Gasteiger partial charge in [0.25, 0.3) is 5.91 Å². The lowest BCUT2D eigenvalue weighted by Crippen LogP contribution is -2.13. The quantitative estimate of drug-likeness (QED) is 0.400. The third-order valence-electron chi connectivity index (χ3n) is 4.33. The maximum absolute atomic E-state index is 13.8. The molecule has 3 N–H and O–H groups in total. The van der Waals surface area contributed by atoms with Crippen molar-refractivity contribution < 1.29 is 18.4 Å². The SMILES string of the molecule is CC(=O)Nc1n[nH]c2cc(Sc3cccc(NC(=O)c4ccc(F)cc4F)c3)ccc12. The molecule has 0 saturated carbocycles. The number of H-pyrrole nitrogens is 1. The zero-order valence-electron chi connectivity index (χ0n) is 16.2. The van der Waals surface area contributed by atoms with Crippen molar-refractivity contribution >= 4 is 46.0 Å². The fraction of sp³-hybridized carbons (Fsp3) is 0.0455. The lowest BCUT2D eigenvalue weighted by Gasteiger charge is -2.08. The minimum absolute atomic E-state index is 0.203. The first kappa shape index (κ1) is 20.5. The Hall–Kier alpha value is -3.72. The number of anilines is 2. The van der Waals surface area contributed by atoms with Gasteiger partial charge < -0.3 is 10.6 Å². The van der Waals surface area contributed by atoms with Crippen molar-refractivity contribution in [2.45, 2.75) is 16.7 Å². The number of hydrogen-bond donors (Lipinski definition) is 3. The van der Waals surface area contributed by atoms with Crippen LogP contribution in [0.2, 0.25) is 0 Å². The number of nitrogens with zero attached hydrogens (tertiary/aromatic N) is 1. The Balaban J connectivity index is 1.50. The van der Waals surface area contributed by atoms with Crippen molar-refractivity contribution in [1.29, 1.82) is 0 Å². The first-order chi connectivity index (χ1) is 14.9. The van der Waals surface area contributed by atoms with E-state index in [4.69, 9.17) is 0 Å². The molecule has 0 fully saturated rings. The maximum Gasteiger partial charge on any atom is 0.258 e. The van der Waals surface area contributed by atoms with Gasteiger partial charge in [0, 0.05) is 33.9 Å². The van der Waals surface area contributed by atoms with Crippen LogP contribution in [0.1, 0.15) is 17.3 Å². The van der Waals surface area contributed by atoms with Crippen molar-refractivity contribution in [2.24, 2.45) is 0 Å². The van der Waals surface area contributed by atoms with Gasteiger partial charge in [0.05, 0.1) is 11.1 Å². The molecule has 4 rings (SSSR count). The molecule has 1 heterocycles. The van der Waals surface area contributed by atoms with E-state index in [1.165, 1.54) is 18.7 Å². The molecule has 6 nitrogen and oxygen atoms in total. The van der Waals surface area contributed by atoms with Crippen LogP contribution in [-0.2, 0) is 4.79 Å². The predicted octanol–water partition coefficient (Wildman–Crippen LogP) is 5.20. The molecular weight excluding hydrogens is 422 g/mol. The molecule has 0 spiro atoms. The number of rotatable bonds is 5. The normalized spacial score (nSPS) is 10.8. The van der Waals surface area contributed by atoms with E-state index in [9.17, 15) is 18.4 Å². The number of nitrogens with one attached hydrogen (secondary N) is 3. The molecule has 0 unspecified atom stereocenters. The van der Waals surface area contributed by atoms with Gasteiger partial charge in [0.1, 0.15) is 11.6 Å². The number of aromatic amines is 1. The summed E-state index contributed by atoms with van der Waals surface area (Å²) < 4.78 is 26.9. The molecule has 0 radical (unpaired) electrons. The van der Waals surface area contributed by atoms with E-state index in [0.29, 0.717) is 17.6 Å². The number of hydrogen-bond acceptors (Lipinski definition) is 4. The highest BCUT2D eigenvalue weighted by Gasteiger charge is 2.13. The molecule has 0 aliphatic rings. The first-order valence-electron chi connectivity index (χ1n) is 9.19. The summed E-state index contributed by atoms with van der Waals surface area (Å²) in [6.07, 6.45) is 0. The zero-order valence-corrected chi connectivity index (χ0v) is 17.0. The minimum Gasteiger partial charge on any atom is -0.322 e. The van der Waals surface area contributed by atoms with E-state index in [2.05, 4.69) is 20.8 Å². The van der Waals surface area contributed by atoms with Gasteiger partial charge >= 0.3 is 0 Å². The number of benzene rings is 3. The molecule has 0 bridgehead atoms.